The van der Waals surface area contributed by atoms with Crippen LogP contribution in [0.5, 0.6) is 0 Å². The van der Waals surface area contributed by atoms with Crippen molar-refractivity contribution in [1.29, 1.82) is 0 Å². The van der Waals surface area contributed by atoms with Crippen molar-refractivity contribution >= 4 is 40.3 Å². The first-order chi connectivity index (χ1) is 8.20. The fourth-order valence-electron chi connectivity index (χ4n) is 1.25. The van der Waals surface area contributed by atoms with Gasteiger partial charge < -0.3 is 0 Å². The van der Waals surface area contributed by atoms with E-state index in [0.29, 0.717) is 4.88 Å². The highest BCUT2D eigenvalue weighted by molar-refractivity contribution is 8.00. The lowest BCUT2D eigenvalue weighted by Gasteiger charge is -2.00. The molecule has 0 spiro atoms. The van der Waals surface area contributed by atoms with Crippen molar-refractivity contribution in [2.75, 3.05) is 0 Å². The van der Waals surface area contributed by atoms with Gasteiger partial charge in [0.15, 0.2) is 0 Å². The highest BCUT2D eigenvalue weighted by atomic mass is 32.2. The molecule has 0 aliphatic heterocycles. The van der Waals surface area contributed by atoms with Crippen LogP contribution in [0.1, 0.15) is 20.9 Å². The second-order valence-corrected chi connectivity index (χ2v) is 6.29. The third-order valence-electron chi connectivity index (χ3n) is 2.03. The van der Waals surface area contributed by atoms with Crippen molar-refractivity contribution in [2.24, 2.45) is 5.84 Å². The Balaban J connectivity index is 2.04. The zero-order chi connectivity index (χ0) is 12.3. The summed E-state index contributed by atoms with van der Waals surface area (Å²) < 4.78 is 1.02. The molecule has 0 saturated heterocycles. The minimum atomic E-state index is -0.231. The Bertz CT molecular complexity index is 520. The normalized spacial score (nSPS) is 10.5. The average Bonchev–Trinajstić information content (AvgIpc) is 2.94. The van der Waals surface area contributed by atoms with Gasteiger partial charge in [0.1, 0.15) is 4.34 Å². The number of carbonyl (C=O) groups excluding carboxylic acids is 1. The number of carbonyl (C=O) groups is 1. The lowest BCUT2D eigenvalue weighted by Crippen LogP contribution is -2.29. The summed E-state index contributed by atoms with van der Waals surface area (Å²) in [5.41, 5.74) is 4.19. The lowest BCUT2D eigenvalue weighted by molar-refractivity contribution is 0.0957. The molecule has 2 heterocycles. The zero-order valence-corrected chi connectivity index (χ0v) is 11.5. The zero-order valence-electron chi connectivity index (χ0n) is 9.10. The molecule has 0 unspecified atom stereocenters. The van der Waals surface area contributed by atoms with E-state index < -0.39 is 0 Å². The predicted octanol–water partition coefficient (Wildman–Crippen LogP) is 2.41. The number of aromatic nitrogens is 1. The molecule has 3 N–H and O–H groups in total. The van der Waals surface area contributed by atoms with Gasteiger partial charge in [0.05, 0.1) is 4.88 Å². The number of nitrogens with one attached hydrogen (secondary N) is 1. The summed E-state index contributed by atoms with van der Waals surface area (Å²) in [7, 11) is 0. The molecule has 0 aliphatic carbocycles. The van der Waals surface area contributed by atoms with E-state index in [4.69, 9.17) is 5.84 Å². The predicted molar refractivity (Wildman–Crippen MR) is 72.4 cm³/mol. The van der Waals surface area contributed by atoms with Gasteiger partial charge in [-0.2, -0.15) is 0 Å². The van der Waals surface area contributed by atoms with Gasteiger partial charge in [-0.15, -0.1) is 22.7 Å². The summed E-state index contributed by atoms with van der Waals surface area (Å²) in [5, 5.41) is 3.91. The van der Waals surface area contributed by atoms with Crippen LogP contribution in [0.15, 0.2) is 21.2 Å². The molecule has 1 amide bonds. The topological polar surface area (TPSA) is 68.0 Å². The van der Waals surface area contributed by atoms with Crippen LogP contribution in [0, 0.1) is 6.92 Å². The molecule has 90 valence electrons. The summed E-state index contributed by atoms with van der Waals surface area (Å²) in [6.07, 6.45) is 0. The third kappa shape index (κ3) is 3.06. The molecule has 2 aromatic heterocycles. The second kappa shape index (κ2) is 5.63. The van der Waals surface area contributed by atoms with Gasteiger partial charge in [-0.3, -0.25) is 10.2 Å². The monoisotopic (exact) mass is 285 g/mol. The Kier molecular flexibility index (Phi) is 4.16. The molecule has 0 aliphatic rings. The number of aryl methyl sites for hydroxylation is 1. The van der Waals surface area contributed by atoms with E-state index in [1.54, 1.807) is 23.1 Å². The lowest BCUT2D eigenvalue weighted by atomic mass is 10.3. The standard InChI is InChI=1S/C10H11N3OS3/c1-6-4-16-10(12-6)17-5-7-2-3-15-8(7)9(14)13-11/h2-4H,5,11H2,1H3,(H,13,14). The number of nitrogen functional groups attached to an aromatic ring is 1. The molecule has 0 aromatic carbocycles. The Hall–Kier alpha value is -0.890. The number of thioether (sulfide) groups is 1. The van der Waals surface area contributed by atoms with Crippen LogP contribution in [-0.2, 0) is 5.75 Å². The van der Waals surface area contributed by atoms with Crippen molar-refractivity contribution in [3.63, 3.8) is 0 Å². The Morgan fingerprint density at radius 3 is 3.06 bits per heavy atom. The van der Waals surface area contributed by atoms with E-state index in [1.807, 2.05) is 23.8 Å². The van der Waals surface area contributed by atoms with Crippen LogP contribution in [0.3, 0.4) is 0 Å². The largest absolute Gasteiger partial charge is 0.289 e. The summed E-state index contributed by atoms with van der Waals surface area (Å²) in [6, 6.07) is 1.95. The number of hydrogen-bond acceptors (Lipinski definition) is 6. The van der Waals surface area contributed by atoms with Crippen LogP contribution < -0.4 is 11.3 Å². The minimum absolute atomic E-state index is 0.231. The summed E-state index contributed by atoms with van der Waals surface area (Å²) in [4.78, 5) is 16.5. The van der Waals surface area contributed by atoms with Gasteiger partial charge in [0.25, 0.3) is 5.91 Å². The Morgan fingerprint density at radius 1 is 1.59 bits per heavy atom. The van der Waals surface area contributed by atoms with Gasteiger partial charge in [0.2, 0.25) is 0 Å². The van der Waals surface area contributed by atoms with Gasteiger partial charge in [-0.25, -0.2) is 10.8 Å². The number of rotatable bonds is 4. The highest BCUT2D eigenvalue weighted by Crippen LogP contribution is 2.28. The van der Waals surface area contributed by atoms with E-state index in [2.05, 4.69) is 10.4 Å². The van der Waals surface area contributed by atoms with Crippen LogP contribution in [0.4, 0.5) is 0 Å². The molecule has 4 nitrogen and oxygen atoms in total. The maximum atomic E-state index is 11.5. The van der Waals surface area contributed by atoms with Crippen molar-refractivity contribution in [3.8, 4) is 0 Å². The molecule has 0 radical (unpaired) electrons. The molecule has 0 bridgehead atoms. The van der Waals surface area contributed by atoms with Gasteiger partial charge in [0, 0.05) is 16.8 Å². The molecule has 7 heteroatoms. The molecule has 0 saturated carbocycles. The first kappa shape index (κ1) is 12.6. The van der Waals surface area contributed by atoms with Crippen LogP contribution >= 0.6 is 34.4 Å². The first-order valence-electron chi connectivity index (χ1n) is 4.83. The van der Waals surface area contributed by atoms with E-state index >= 15 is 0 Å². The number of nitrogens with two attached hydrogens (primary N) is 1. The maximum absolute atomic E-state index is 11.5. The SMILES string of the molecule is Cc1csc(SCc2ccsc2C(=O)NN)n1. The number of hydrazine groups is 1. The summed E-state index contributed by atoms with van der Waals surface area (Å²) in [5.74, 6) is 5.64. The van der Waals surface area contributed by atoms with Crippen LogP contribution in [-0.4, -0.2) is 10.9 Å². The highest BCUT2D eigenvalue weighted by Gasteiger charge is 2.12. The minimum Gasteiger partial charge on any atom is -0.289 e. The average molecular weight is 285 g/mol. The molecular weight excluding hydrogens is 274 g/mol. The van der Waals surface area contributed by atoms with Crippen molar-refractivity contribution in [2.45, 2.75) is 17.0 Å². The number of amides is 1. The first-order valence-corrected chi connectivity index (χ1v) is 7.57. The summed E-state index contributed by atoms with van der Waals surface area (Å²) in [6.45, 7) is 1.97. The molecule has 2 rings (SSSR count). The van der Waals surface area contributed by atoms with E-state index in [-0.39, 0.29) is 5.91 Å². The van der Waals surface area contributed by atoms with Gasteiger partial charge in [-0.05, 0) is 23.9 Å². The smallest absolute Gasteiger partial charge is 0.275 e. The molecule has 0 atom stereocenters. The molecule has 17 heavy (non-hydrogen) atoms. The molecular formula is C10H11N3OS3. The van der Waals surface area contributed by atoms with E-state index in [1.165, 1.54) is 11.3 Å². The molecule has 2 aromatic rings. The number of hydrogen-bond donors (Lipinski definition) is 2. The van der Waals surface area contributed by atoms with Crippen molar-refractivity contribution < 1.29 is 4.79 Å². The van der Waals surface area contributed by atoms with E-state index in [0.717, 1.165) is 21.3 Å². The third-order valence-corrected chi connectivity index (χ3v) is 5.18. The Morgan fingerprint density at radius 2 is 2.41 bits per heavy atom. The summed E-state index contributed by atoms with van der Waals surface area (Å²) >= 11 is 4.66. The maximum Gasteiger partial charge on any atom is 0.275 e. The fourth-order valence-corrected chi connectivity index (χ4v) is 4.01. The van der Waals surface area contributed by atoms with Crippen molar-refractivity contribution in [1.82, 2.24) is 10.4 Å². The van der Waals surface area contributed by atoms with Crippen molar-refractivity contribution in [3.05, 3.63) is 33.0 Å². The van der Waals surface area contributed by atoms with Gasteiger partial charge in [-0.1, -0.05) is 11.8 Å². The number of thiophene rings is 1. The quantitative estimate of drug-likeness (QED) is 0.392. The number of nitrogens with zero attached hydrogens (tertiary/aromatic N) is 1. The Labute approximate surface area is 111 Å². The molecule has 0 fully saturated rings. The van der Waals surface area contributed by atoms with Crippen LogP contribution in [0.2, 0.25) is 0 Å². The second-order valence-electron chi connectivity index (χ2n) is 3.29. The van der Waals surface area contributed by atoms with E-state index in [9.17, 15) is 4.79 Å². The van der Waals surface area contributed by atoms with Crippen LogP contribution in [0.25, 0.3) is 0 Å². The van der Waals surface area contributed by atoms with Gasteiger partial charge >= 0.3 is 0 Å². The fraction of sp³-hybridized carbons (Fsp3) is 0.200. The number of thiazole rings is 1.